The molecule has 2 heterocycles. The third-order valence-electron chi connectivity index (χ3n) is 4.14. The van der Waals surface area contributed by atoms with Gasteiger partial charge in [-0.05, 0) is 63.0 Å². The molecular formula is C16H23N3. The largest absolute Gasteiger partial charge is 0.361 e. The van der Waals surface area contributed by atoms with Gasteiger partial charge in [-0.2, -0.15) is 0 Å². The first kappa shape index (κ1) is 12.7. The molecule has 3 heteroatoms. The van der Waals surface area contributed by atoms with Crippen molar-refractivity contribution < 1.29 is 0 Å². The van der Waals surface area contributed by atoms with Gasteiger partial charge < -0.3 is 15.6 Å². The predicted octanol–water partition coefficient (Wildman–Crippen LogP) is 2.30. The summed E-state index contributed by atoms with van der Waals surface area (Å²) >= 11 is 0. The molecular weight excluding hydrogens is 234 g/mol. The highest BCUT2D eigenvalue weighted by Crippen LogP contribution is 2.17. The molecule has 0 radical (unpaired) electrons. The molecule has 0 atom stereocenters. The van der Waals surface area contributed by atoms with E-state index in [2.05, 4.69) is 46.1 Å². The van der Waals surface area contributed by atoms with Gasteiger partial charge in [0.25, 0.3) is 0 Å². The highest BCUT2D eigenvalue weighted by atomic mass is 14.9. The van der Waals surface area contributed by atoms with Gasteiger partial charge in [0, 0.05) is 17.1 Å². The first-order valence-electron chi connectivity index (χ1n) is 7.40. The van der Waals surface area contributed by atoms with Crippen molar-refractivity contribution >= 4 is 10.9 Å². The van der Waals surface area contributed by atoms with Crippen LogP contribution in [0.25, 0.3) is 10.9 Å². The Morgan fingerprint density at radius 2 is 2.00 bits per heavy atom. The zero-order valence-corrected chi connectivity index (χ0v) is 11.4. The predicted molar refractivity (Wildman–Crippen MR) is 80.5 cm³/mol. The van der Waals surface area contributed by atoms with Crippen LogP contribution in [-0.4, -0.2) is 31.2 Å². The maximum Gasteiger partial charge on any atom is 0.0456 e. The van der Waals surface area contributed by atoms with Crippen molar-refractivity contribution in [1.29, 1.82) is 0 Å². The lowest BCUT2D eigenvalue weighted by Gasteiger charge is -2.22. The fraction of sp³-hybridized carbons (Fsp3) is 0.500. The maximum atomic E-state index is 3.62. The molecule has 1 aliphatic heterocycles. The first-order valence-corrected chi connectivity index (χ1v) is 7.40. The summed E-state index contributed by atoms with van der Waals surface area (Å²) in [7, 11) is 0. The Balaban J connectivity index is 1.47. The van der Waals surface area contributed by atoms with Crippen molar-refractivity contribution in [1.82, 2.24) is 15.6 Å². The average molecular weight is 257 g/mol. The van der Waals surface area contributed by atoms with E-state index >= 15 is 0 Å². The molecule has 3 N–H and O–H groups in total. The zero-order chi connectivity index (χ0) is 12.9. The van der Waals surface area contributed by atoms with Crippen molar-refractivity contribution in [3.8, 4) is 0 Å². The van der Waals surface area contributed by atoms with Crippen LogP contribution in [0.5, 0.6) is 0 Å². The van der Waals surface area contributed by atoms with E-state index in [0.717, 1.165) is 18.9 Å². The highest BCUT2D eigenvalue weighted by Gasteiger charge is 2.12. The van der Waals surface area contributed by atoms with Crippen LogP contribution >= 0.6 is 0 Å². The number of fused-ring (bicyclic) bond motifs is 1. The van der Waals surface area contributed by atoms with Crippen LogP contribution in [0.1, 0.15) is 18.4 Å². The number of hydrogen-bond acceptors (Lipinski definition) is 2. The Labute approximate surface area is 114 Å². The molecule has 1 aliphatic rings. The molecule has 0 saturated carbocycles. The first-order chi connectivity index (χ1) is 9.43. The van der Waals surface area contributed by atoms with Gasteiger partial charge in [0.05, 0.1) is 0 Å². The second kappa shape index (κ2) is 6.22. The van der Waals surface area contributed by atoms with E-state index in [1.54, 1.807) is 0 Å². The van der Waals surface area contributed by atoms with Crippen LogP contribution in [-0.2, 0) is 6.42 Å². The summed E-state index contributed by atoms with van der Waals surface area (Å²) < 4.78 is 0. The molecule has 1 saturated heterocycles. The number of nitrogens with one attached hydrogen (secondary N) is 3. The molecule has 0 unspecified atom stereocenters. The lowest BCUT2D eigenvalue weighted by molar-refractivity contribution is 0.358. The van der Waals surface area contributed by atoms with E-state index in [0.29, 0.717) is 0 Å². The molecule has 0 amide bonds. The lowest BCUT2D eigenvalue weighted by atomic mass is 9.98. The van der Waals surface area contributed by atoms with Gasteiger partial charge in [0.15, 0.2) is 0 Å². The molecule has 1 aromatic heterocycles. The van der Waals surface area contributed by atoms with E-state index in [4.69, 9.17) is 0 Å². The highest BCUT2D eigenvalue weighted by molar-refractivity contribution is 5.83. The van der Waals surface area contributed by atoms with Crippen molar-refractivity contribution in [3.63, 3.8) is 0 Å². The van der Waals surface area contributed by atoms with E-state index in [1.807, 2.05) is 0 Å². The number of hydrogen-bond donors (Lipinski definition) is 3. The van der Waals surface area contributed by atoms with E-state index in [9.17, 15) is 0 Å². The van der Waals surface area contributed by atoms with Crippen LogP contribution in [0, 0.1) is 5.92 Å². The van der Waals surface area contributed by atoms with Gasteiger partial charge in [-0.15, -0.1) is 0 Å². The van der Waals surface area contributed by atoms with Crippen molar-refractivity contribution in [2.45, 2.75) is 19.3 Å². The lowest BCUT2D eigenvalue weighted by Crippen LogP contribution is -2.34. The van der Waals surface area contributed by atoms with Gasteiger partial charge in [-0.25, -0.2) is 0 Å². The molecule has 3 rings (SSSR count). The summed E-state index contributed by atoms with van der Waals surface area (Å²) in [5.74, 6) is 0.865. The summed E-state index contributed by atoms with van der Waals surface area (Å²) in [4.78, 5) is 3.34. The van der Waals surface area contributed by atoms with Crippen molar-refractivity contribution in [3.05, 3.63) is 36.0 Å². The Kier molecular flexibility index (Phi) is 4.16. The summed E-state index contributed by atoms with van der Waals surface area (Å²) in [6, 6.07) is 8.54. The topological polar surface area (TPSA) is 39.8 Å². The van der Waals surface area contributed by atoms with Crippen molar-refractivity contribution in [2.24, 2.45) is 5.92 Å². The summed E-state index contributed by atoms with van der Waals surface area (Å²) in [5, 5.41) is 8.40. The quantitative estimate of drug-likeness (QED) is 0.719. The number of aromatic amines is 1. The van der Waals surface area contributed by atoms with Crippen molar-refractivity contribution in [2.75, 3.05) is 26.2 Å². The van der Waals surface area contributed by atoms with Gasteiger partial charge in [0.2, 0.25) is 0 Å². The van der Waals surface area contributed by atoms with Crippen LogP contribution in [0.2, 0.25) is 0 Å². The van der Waals surface area contributed by atoms with Gasteiger partial charge in [-0.1, -0.05) is 18.2 Å². The van der Waals surface area contributed by atoms with E-state index in [-0.39, 0.29) is 0 Å². The average Bonchev–Trinajstić information content (AvgIpc) is 2.88. The second-order valence-electron chi connectivity index (χ2n) is 5.51. The van der Waals surface area contributed by atoms with Crippen LogP contribution < -0.4 is 10.6 Å². The Morgan fingerprint density at radius 3 is 2.89 bits per heavy atom. The smallest absolute Gasteiger partial charge is 0.0456 e. The fourth-order valence-corrected chi connectivity index (χ4v) is 2.95. The number of H-pyrrole nitrogens is 1. The molecule has 19 heavy (non-hydrogen) atoms. The van der Waals surface area contributed by atoms with Crippen LogP contribution in [0.4, 0.5) is 0 Å². The molecule has 102 valence electrons. The summed E-state index contributed by atoms with van der Waals surface area (Å²) in [6.07, 6.45) is 5.89. The molecule has 2 aromatic rings. The summed E-state index contributed by atoms with van der Waals surface area (Å²) in [6.45, 7) is 4.62. The van der Waals surface area contributed by atoms with Gasteiger partial charge >= 0.3 is 0 Å². The summed E-state index contributed by atoms with van der Waals surface area (Å²) in [5.41, 5.74) is 2.67. The zero-order valence-electron chi connectivity index (χ0n) is 11.4. The van der Waals surface area contributed by atoms with Crippen LogP contribution in [0.15, 0.2) is 30.5 Å². The minimum atomic E-state index is 0.865. The monoisotopic (exact) mass is 257 g/mol. The standard InChI is InChI=1S/C16H23N3/c1-2-4-16-15(3-1)14(12-19-16)7-10-18-11-13-5-8-17-9-6-13/h1-4,12-13,17-19H,5-11H2. The molecule has 3 nitrogen and oxygen atoms in total. The number of benzene rings is 1. The third-order valence-corrected chi connectivity index (χ3v) is 4.14. The van der Waals surface area contributed by atoms with Crippen LogP contribution in [0.3, 0.4) is 0 Å². The third kappa shape index (κ3) is 3.17. The molecule has 1 fully saturated rings. The normalized spacial score (nSPS) is 17.1. The SMILES string of the molecule is c1ccc2c(CCNCC3CCNCC3)c[nH]c2c1. The number of piperidine rings is 1. The van der Waals surface area contributed by atoms with Gasteiger partial charge in [0.1, 0.15) is 0 Å². The van der Waals surface area contributed by atoms with E-state index in [1.165, 1.54) is 48.9 Å². The van der Waals surface area contributed by atoms with Gasteiger partial charge in [-0.3, -0.25) is 0 Å². The molecule has 0 bridgehead atoms. The minimum absolute atomic E-state index is 0.865. The Bertz CT molecular complexity index is 511. The second-order valence-corrected chi connectivity index (χ2v) is 5.51. The molecule has 1 aromatic carbocycles. The molecule has 0 aliphatic carbocycles. The van der Waals surface area contributed by atoms with E-state index < -0.39 is 0 Å². The molecule has 0 spiro atoms. The Hall–Kier alpha value is -1.32. The number of para-hydroxylation sites is 1. The fourth-order valence-electron chi connectivity index (χ4n) is 2.95. The number of aromatic nitrogens is 1. The maximum absolute atomic E-state index is 3.62. The minimum Gasteiger partial charge on any atom is -0.361 e. The number of rotatable bonds is 5. The Morgan fingerprint density at radius 1 is 1.16 bits per heavy atom.